The molecule has 1 saturated carbocycles. The Hall–Kier alpha value is -1.57. The molecule has 5 atom stereocenters. The number of hydrogen-bond acceptors (Lipinski definition) is 5. The largest absolute Gasteiger partial charge is 0.352 e. The Labute approximate surface area is 171 Å². The van der Waals surface area contributed by atoms with Gasteiger partial charge in [0.05, 0.1) is 11.8 Å². The molecule has 2 N–H and O–H groups in total. The smallest absolute Gasteiger partial charge is 0.243 e. The van der Waals surface area contributed by atoms with Crippen molar-refractivity contribution in [1.29, 1.82) is 0 Å². The summed E-state index contributed by atoms with van der Waals surface area (Å²) < 4.78 is 0. The van der Waals surface area contributed by atoms with Gasteiger partial charge in [0.15, 0.2) is 0 Å². The predicted molar refractivity (Wildman–Crippen MR) is 110 cm³/mol. The van der Waals surface area contributed by atoms with Gasteiger partial charge in [0.2, 0.25) is 23.6 Å². The van der Waals surface area contributed by atoms with Crippen molar-refractivity contribution in [3.05, 3.63) is 0 Å². The van der Waals surface area contributed by atoms with Crippen LogP contribution in [-0.4, -0.2) is 58.7 Å². The van der Waals surface area contributed by atoms with Crippen LogP contribution in [0.5, 0.6) is 0 Å². The van der Waals surface area contributed by atoms with Crippen molar-refractivity contribution in [1.82, 2.24) is 15.5 Å². The average molecular weight is 412 g/mol. The van der Waals surface area contributed by atoms with Crippen molar-refractivity contribution >= 4 is 35.4 Å². The van der Waals surface area contributed by atoms with Gasteiger partial charge in [0, 0.05) is 6.04 Å². The molecule has 5 unspecified atom stereocenters. The number of amides is 4. The Morgan fingerprint density at radius 1 is 1.07 bits per heavy atom. The monoisotopic (exact) mass is 411 g/mol. The highest BCUT2D eigenvalue weighted by molar-refractivity contribution is 7.98. The van der Waals surface area contributed by atoms with Crippen LogP contribution >= 0.6 is 11.8 Å². The standard InChI is InChI=1S/C20H33N3O4S/c1-5-12(2)21-17(24)13(3)22-18(25)16(10-11-28-4)23-19(26)14-8-6-7-9-15(14)20(23)27/h12-16H,5-11H2,1-4H3,(H,21,24)(H,22,25). The topological polar surface area (TPSA) is 95.6 Å². The van der Waals surface area contributed by atoms with Crippen LogP contribution in [-0.2, 0) is 19.2 Å². The van der Waals surface area contributed by atoms with Gasteiger partial charge in [0.25, 0.3) is 0 Å². The number of carbonyl (C=O) groups is 4. The molecule has 1 heterocycles. The molecule has 0 spiro atoms. The van der Waals surface area contributed by atoms with E-state index in [0.29, 0.717) is 12.2 Å². The molecule has 4 amide bonds. The van der Waals surface area contributed by atoms with Crippen molar-refractivity contribution in [2.75, 3.05) is 12.0 Å². The van der Waals surface area contributed by atoms with E-state index in [4.69, 9.17) is 0 Å². The maximum Gasteiger partial charge on any atom is 0.243 e. The Kier molecular flexibility index (Phi) is 8.34. The number of rotatable bonds is 9. The molecule has 2 rings (SSSR count). The lowest BCUT2D eigenvalue weighted by atomic mass is 9.81. The fourth-order valence-electron chi connectivity index (χ4n) is 3.95. The van der Waals surface area contributed by atoms with E-state index in [2.05, 4.69) is 10.6 Å². The van der Waals surface area contributed by atoms with E-state index in [-0.39, 0.29) is 35.6 Å². The third kappa shape index (κ3) is 5.07. The molecule has 8 heteroatoms. The zero-order chi connectivity index (χ0) is 20.8. The number of imide groups is 1. The number of hydrogen-bond donors (Lipinski definition) is 2. The average Bonchev–Trinajstić information content (AvgIpc) is 2.93. The number of nitrogens with zero attached hydrogens (tertiary/aromatic N) is 1. The molecule has 1 aliphatic carbocycles. The number of carbonyl (C=O) groups excluding carboxylic acids is 4. The predicted octanol–water partition coefficient (Wildman–Crippen LogP) is 1.70. The van der Waals surface area contributed by atoms with Crippen LogP contribution in [0.3, 0.4) is 0 Å². The summed E-state index contributed by atoms with van der Waals surface area (Å²) in [5.41, 5.74) is 0. The third-order valence-corrected chi connectivity index (χ3v) is 6.48. The second-order valence-corrected chi connectivity index (χ2v) is 8.87. The molecule has 1 aliphatic heterocycles. The summed E-state index contributed by atoms with van der Waals surface area (Å²) in [5.74, 6) is -1.03. The normalized spacial score (nSPS) is 25.1. The van der Waals surface area contributed by atoms with Crippen LogP contribution in [0.1, 0.15) is 59.3 Å². The van der Waals surface area contributed by atoms with Gasteiger partial charge in [-0.05, 0) is 51.5 Å². The highest BCUT2D eigenvalue weighted by atomic mass is 32.2. The molecule has 1 saturated heterocycles. The Morgan fingerprint density at radius 3 is 2.14 bits per heavy atom. The van der Waals surface area contributed by atoms with Gasteiger partial charge in [-0.1, -0.05) is 19.8 Å². The van der Waals surface area contributed by atoms with Gasteiger partial charge in [-0.3, -0.25) is 24.1 Å². The van der Waals surface area contributed by atoms with E-state index in [1.807, 2.05) is 20.1 Å². The molecule has 2 aliphatic rings. The summed E-state index contributed by atoms with van der Waals surface area (Å²) in [7, 11) is 0. The highest BCUT2D eigenvalue weighted by Crippen LogP contribution is 2.39. The number of nitrogens with one attached hydrogen (secondary N) is 2. The van der Waals surface area contributed by atoms with Gasteiger partial charge in [-0.25, -0.2) is 0 Å². The van der Waals surface area contributed by atoms with Crippen molar-refractivity contribution in [3.63, 3.8) is 0 Å². The number of likely N-dealkylation sites (tertiary alicyclic amines) is 1. The summed E-state index contributed by atoms with van der Waals surface area (Å²) in [6.07, 6.45) is 6.44. The number of fused-ring (bicyclic) bond motifs is 1. The fraction of sp³-hybridized carbons (Fsp3) is 0.800. The molecule has 0 radical (unpaired) electrons. The van der Waals surface area contributed by atoms with Crippen LogP contribution in [0.2, 0.25) is 0 Å². The lowest BCUT2D eigenvalue weighted by molar-refractivity contribution is -0.148. The Balaban J connectivity index is 2.11. The maximum absolute atomic E-state index is 13.0. The van der Waals surface area contributed by atoms with Crippen molar-refractivity contribution in [3.8, 4) is 0 Å². The van der Waals surface area contributed by atoms with E-state index in [9.17, 15) is 19.2 Å². The summed E-state index contributed by atoms with van der Waals surface area (Å²) >= 11 is 1.56. The molecule has 7 nitrogen and oxygen atoms in total. The minimum atomic E-state index is -0.850. The summed E-state index contributed by atoms with van der Waals surface area (Å²) in [6, 6.07) is -1.56. The first kappa shape index (κ1) is 22.7. The Bertz CT molecular complexity index is 588. The molecule has 0 bridgehead atoms. The zero-order valence-electron chi connectivity index (χ0n) is 17.3. The molecule has 0 aromatic carbocycles. The maximum atomic E-state index is 13.0. The van der Waals surface area contributed by atoms with E-state index in [1.54, 1.807) is 18.7 Å². The van der Waals surface area contributed by atoms with Gasteiger partial charge in [-0.2, -0.15) is 11.8 Å². The molecule has 0 aromatic rings. The SMILES string of the molecule is CCC(C)NC(=O)C(C)NC(=O)C(CCSC)N1C(=O)C2CCCCC2C1=O. The van der Waals surface area contributed by atoms with Crippen molar-refractivity contribution < 1.29 is 19.2 Å². The summed E-state index contributed by atoms with van der Waals surface area (Å²) in [4.78, 5) is 52.2. The van der Waals surface area contributed by atoms with E-state index in [0.717, 1.165) is 32.1 Å². The highest BCUT2D eigenvalue weighted by Gasteiger charge is 2.51. The first-order valence-corrected chi connectivity index (χ1v) is 11.7. The van der Waals surface area contributed by atoms with Crippen LogP contribution in [0.25, 0.3) is 0 Å². The quantitative estimate of drug-likeness (QED) is 0.563. The van der Waals surface area contributed by atoms with E-state index in [1.165, 1.54) is 4.90 Å². The zero-order valence-corrected chi connectivity index (χ0v) is 18.1. The van der Waals surface area contributed by atoms with Crippen LogP contribution < -0.4 is 10.6 Å². The molecule has 158 valence electrons. The summed E-state index contributed by atoms with van der Waals surface area (Å²) in [5, 5.41) is 5.55. The fourth-order valence-corrected chi connectivity index (χ4v) is 4.41. The minimum absolute atomic E-state index is 0.0176. The Morgan fingerprint density at radius 2 is 1.64 bits per heavy atom. The van der Waals surface area contributed by atoms with Crippen LogP contribution in [0.4, 0.5) is 0 Å². The van der Waals surface area contributed by atoms with Crippen molar-refractivity contribution in [2.45, 2.75) is 77.4 Å². The second kappa shape index (κ2) is 10.3. The lowest BCUT2D eigenvalue weighted by Gasteiger charge is -2.27. The van der Waals surface area contributed by atoms with Gasteiger partial charge >= 0.3 is 0 Å². The number of thioether (sulfide) groups is 1. The molecule has 28 heavy (non-hydrogen) atoms. The van der Waals surface area contributed by atoms with Gasteiger partial charge in [-0.15, -0.1) is 0 Å². The van der Waals surface area contributed by atoms with Crippen molar-refractivity contribution in [2.24, 2.45) is 11.8 Å². The van der Waals surface area contributed by atoms with Gasteiger partial charge < -0.3 is 10.6 Å². The second-order valence-electron chi connectivity index (χ2n) is 7.89. The lowest BCUT2D eigenvalue weighted by Crippen LogP contribution is -2.55. The van der Waals surface area contributed by atoms with Crippen LogP contribution in [0, 0.1) is 11.8 Å². The van der Waals surface area contributed by atoms with Gasteiger partial charge in [0.1, 0.15) is 12.1 Å². The third-order valence-electron chi connectivity index (χ3n) is 5.84. The first-order chi connectivity index (χ1) is 13.3. The minimum Gasteiger partial charge on any atom is -0.352 e. The summed E-state index contributed by atoms with van der Waals surface area (Å²) in [6.45, 7) is 5.49. The first-order valence-electron chi connectivity index (χ1n) is 10.3. The molecular formula is C20H33N3O4S. The molecule has 2 fully saturated rings. The molecule has 0 aromatic heterocycles. The molecular weight excluding hydrogens is 378 g/mol. The van der Waals surface area contributed by atoms with E-state index < -0.39 is 18.0 Å². The van der Waals surface area contributed by atoms with E-state index >= 15 is 0 Å². The van der Waals surface area contributed by atoms with Crippen LogP contribution in [0.15, 0.2) is 0 Å².